The van der Waals surface area contributed by atoms with E-state index in [0.29, 0.717) is 0 Å². The van der Waals surface area contributed by atoms with Crippen molar-refractivity contribution in [3.05, 3.63) is 70.5 Å². The van der Waals surface area contributed by atoms with Crippen molar-refractivity contribution in [2.24, 2.45) is 0 Å². The van der Waals surface area contributed by atoms with Gasteiger partial charge >= 0.3 is 0 Å². The van der Waals surface area contributed by atoms with Crippen LogP contribution in [-0.4, -0.2) is 39.2 Å². The van der Waals surface area contributed by atoms with E-state index in [1.54, 1.807) is 4.68 Å². The molecule has 1 aromatic heterocycles. The highest BCUT2D eigenvalue weighted by Crippen LogP contribution is 2.26. The van der Waals surface area contributed by atoms with Crippen molar-refractivity contribution < 1.29 is 0 Å². The van der Waals surface area contributed by atoms with Gasteiger partial charge in [-0.1, -0.05) is 46.3 Å². The molecule has 1 heterocycles. The molecule has 112 valence electrons. The molecule has 0 saturated heterocycles. The van der Waals surface area contributed by atoms with Gasteiger partial charge in [-0.2, -0.15) is 4.68 Å². The summed E-state index contributed by atoms with van der Waals surface area (Å²) in [5.41, 5.74) is 2.09. The Morgan fingerprint density at radius 2 is 1.68 bits per heavy atom. The highest BCUT2D eigenvalue weighted by Gasteiger charge is 2.23. The van der Waals surface area contributed by atoms with Gasteiger partial charge in [0.25, 0.3) is 0 Å². The summed E-state index contributed by atoms with van der Waals surface area (Å²) in [5.74, 6) is 0.790. The lowest BCUT2D eigenvalue weighted by atomic mass is 10.1. The standard InChI is InChI=1S/C16H16BrN5/c1-21(2)15(12-6-4-3-5-7-12)16-18-19-20-22(16)14-10-8-13(17)9-11-14/h3-11,15H,1-2H3. The number of nitrogens with zero attached hydrogens (tertiary/aromatic N) is 5. The quantitative estimate of drug-likeness (QED) is 0.719. The molecule has 0 aliphatic carbocycles. The summed E-state index contributed by atoms with van der Waals surface area (Å²) in [7, 11) is 4.05. The van der Waals surface area contributed by atoms with Crippen LogP contribution in [0.15, 0.2) is 59.1 Å². The minimum absolute atomic E-state index is 0.0140. The van der Waals surface area contributed by atoms with Crippen LogP contribution in [0.4, 0.5) is 0 Å². The van der Waals surface area contributed by atoms with Crippen LogP contribution < -0.4 is 0 Å². The number of aromatic nitrogens is 4. The summed E-state index contributed by atoms with van der Waals surface area (Å²) in [4.78, 5) is 2.11. The Hall–Kier alpha value is -2.05. The van der Waals surface area contributed by atoms with Crippen LogP contribution >= 0.6 is 15.9 Å². The first-order valence-corrected chi connectivity index (χ1v) is 7.71. The predicted octanol–water partition coefficient (Wildman–Crippen LogP) is 3.08. The van der Waals surface area contributed by atoms with Crippen molar-refractivity contribution in [3.8, 4) is 5.69 Å². The Kier molecular flexibility index (Phi) is 4.31. The van der Waals surface area contributed by atoms with Crippen molar-refractivity contribution in [3.63, 3.8) is 0 Å². The van der Waals surface area contributed by atoms with Gasteiger partial charge < -0.3 is 0 Å². The third-order valence-electron chi connectivity index (χ3n) is 3.44. The molecular weight excluding hydrogens is 342 g/mol. The van der Waals surface area contributed by atoms with E-state index >= 15 is 0 Å². The Balaban J connectivity index is 2.07. The van der Waals surface area contributed by atoms with Gasteiger partial charge in [-0.3, -0.25) is 4.90 Å². The molecule has 5 nitrogen and oxygen atoms in total. The maximum Gasteiger partial charge on any atom is 0.178 e. The number of hydrogen-bond donors (Lipinski definition) is 0. The average molecular weight is 358 g/mol. The Labute approximate surface area is 137 Å². The zero-order valence-electron chi connectivity index (χ0n) is 12.4. The normalized spacial score (nSPS) is 12.5. The van der Waals surface area contributed by atoms with E-state index in [1.807, 2.05) is 56.6 Å². The first-order valence-electron chi connectivity index (χ1n) is 6.92. The molecule has 3 rings (SSSR count). The first kappa shape index (κ1) is 14.9. The van der Waals surface area contributed by atoms with Gasteiger partial charge in [0.1, 0.15) is 0 Å². The highest BCUT2D eigenvalue weighted by molar-refractivity contribution is 9.10. The monoisotopic (exact) mass is 357 g/mol. The summed E-state index contributed by atoms with van der Waals surface area (Å²) in [6, 6.07) is 18.2. The molecule has 2 aromatic carbocycles. The van der Waals surface area contributed by atoms with Gasteiger partial charge in [0, 0.05) is 4.47 Å². The minimum atomic E-state index is -0.0140. The maximum absolute atomic E-state index is 4.26. The van der Waals surface area contributed by atoms with Crippen molar-refractivity contribution >= 4 is 15.9 Å². The van der Waals surface area contributed by atoms with E-state index in [2.05, 4.69) is 48.5 Å². The van der Waals surface area contributed by atoms with E-state index < -0.39 is 0 Å². The van der Waals surface area contributed by atoms with Crippen LogP contribution in [0.2, 0.25) is 0 Å². The minimum Gasteiger partial charge on any atom is -0.296 e. The van der Waals surface area contributed by atoms with Crippen LogP contribution in [0, 0.1) is 0 Å². The third-order valence-corrected chi connectivity index (χ3v) is 3.97. The topological polar surface area (TPSA) is 46.8 Å². The second-order valence-corrected chi connectivity index (χ2v) is 6.12. The molecular formula is C16H16BrN5. The molecule has 0 N–H and O–H groups in total. The fourth-order valence-corrected chi connectivity index (χ4v) is 2.71. The predicted molar refractivity (Wildman–Crippen MR) is 88.8 cm³/mol. The SMILES string of the molecule is CN(C)C(c1ccccc1)c1nnnn1-c1ccc(Br)cc1. The van der Waals surface area contributed by atoms with Gasteiger partial charge in [0.15, 0.2) is 5.82 Å². The molecule has 0 spiro atoms. The first-order chi connectivity index (χ1) is 10.7. The maximum atomic E-state index is 4.26. The zero-order chi connectivity index (χ0) is 15.5. The van der Waals surface area contributed by atoms with Gasteiger partial charge in [0.05, 0.1) is 11.7 Å². The van der Waals surface area contributed by atoms with E-state index in [9.17, 15) is 0 Å². The summed E-state index contributed by atoms with van der Waals surface area (Å²) >= 11 is 3.45. The number of hydrogen-bond acceptors (Lipinski definition) is 4. The fourth-order valence-electron chi connectivity index (χ4n) is 2.44. The van der Waals surface area contributed by atoms with Crippen LogP contribution in [-0.2, 0) is 0 Å². The molecule has 3 aromatic rings. The highest BCUT2D eigenvalue weighted by atomic mass is 79.9. The molecule has 0 fully saturated rings. The summed E-state index contributed by atoms with van der Waals surface area (Å²) in [5, 5.41) is 12.3. The Morgan fingerprint density at radius 3 is 2.32 bits per heavy atom. The van der Waals surface area contributed by atoms with Crippen molar-refractivity contribution in [2.45, 2.75) is 6.04 Å². The summed E-state index contributed by atoms with van der Waals surface area (Å²) < 4.78 is 2.81. The second-order valence-electron chi connectivity index (χ2n) is 5.20. The number of halogens is 1. The van der Waals surface area contributed by atoms with Crippen LogP contribution in [0.5, 0.6) is 0 Å². The molecule has 0 radical (unpaired) electrons. The molecule has 0 aliphatic rings. The van der Waals surface area contributed by atoms with Gasteiger partial charge in [-0.05, 0) is 54.4 Å². The zero-order valence-corrected chi connectivity index (χ0v) is 14.0. The van der Waals surface area contributed by atoms with Crippen molar-refractivity contribution in [1.82, 2.24) is 25.1 Å². The van der Waals surface area contributed by atoms with Crippen molar-refractivity contribution in [2.75, 3.05) is 14.1 Å². The molecule has 1 unspecified atom stereocenters. The molecule has 0 aliphatic heterocycles. The molecule has 0 bridgehead atoms. The average Bonchev–Trinajstić information content (AvgIpc) is 2.98. The summed E-state index contributed by atoms with van der Waals surface area (Å²) in [6.45, 7) is 0. The molecule has 0 amide bonds. The largest absolute Gasteiger partial charge is 0.296 e. The Morgan fingerprint density at radius 1 is 1.00 bits per heavy atom. The number of rotatable bonds is 4. The van der Waals surface area contributed by atoms with E-state index in [-0.39, 0.29) is 6.04 Å². The van der Waals surface area contributed by atoms with Crippen molar-refractivity contribution in [1.29, 1.82) is 0 Å². The third kappa shape index (κ3) is 2.93. The summed E-state index contributed by atoms with van der Waals surface area (Å²) in [6.07, 6.45) is 0. The smallest absolute Gasteiger partial charge is 0.178 e. The van der Waals surface area contributed by atoms with Crippen LogP contribution in [0.25, 0.3) is 5.69 Å². The number of benzene rings is 2. The lowest BCUT2D eigenvalue weighted by molar-refractivity contribution is 0.325. The number of tetrazole rings is 1. The van der Waals surface area contributed by atoms with Gasteiger partial charge in [-0.15, -0.1) is 5.10 Å². The van der Waals surface area contributed by atoms with E-state index in [4.69, 9.17) is 0 Å². The molecule has 0 saturated carbocycles. The van der Waals surface area contributed by atoms with E-state index in [1.165, 1.54) is 0 Å². The van der Waals surface area contributed by atoms with Gasteiger partial charge in [-0.25, -0.2) is 0 Å². The Bertz CT molecular complexity index is 737. The van der Waals surface area contributed by atoms with E-state index in [0.717, 1.165) is 21.5 Å². The van der Waals surface area contributed by atoms with Crippen LogP contribution in [0.1, 0.15) is 17.4 Å². The van der Waals surface area contributed by atoms with Gasteiger partial charge in [0.2, 0.25) is 0 Å². The second kappa shape index (κ2) is 6.37. The molecule has 6 heteroatoms. The molecule has 1 atom stereocenters. The van der Waals surface area contributed by atoms with Crippen LogP contribution in [0.3, 0.4) is 0 Å². The lowest BCUT2D eigenvalue weighted by Gasteiger charge is -2.23. The lowest BCUT2D eigenvalue weighted by Crippen LogP contribution is -2.24. The fraction of sp³-hybridized carbons (Fsp3) is 0.188. The molecule has 22 heavy (non-hydrogen) atoms.